The van der Waals surface area contributed by atoms with Gasteiger partial charge in [-0.15, -0.1) is 21.5 Å². The normalized spacial score (nSPS) is 10.6. The number of hydrogen-bond donors (Lipinski definition) is 1. The Bertz CT molecular complexity index is 1190. The van der Waals surface area contributed by atoms with Gasteiger partial charge in [0.1, 0.15) is 15.6 Å². The lowest BCUT2D eigenvalue weighted by Crippen LogP contribution is -2.16. The summed E-state index contributed by atoms with van der Waals surface area (Å²) in [6.07, 6.45) is 0. The Morgan fingerprint density at radius 2 is 1.73 bits per heavy atom. The van der Waals surface area contributed by atoms with Crippen LogP contribution in [0.25, 0.3) is 11.4 Å². The molecule has 3 rings (SSSR count). The number of esters is 2. The summed E-state index contributed by atoms with van der Waals surface area (Å²) in [4.78, 5) is 37.0. The predicted octanol–water partition coefficient (Wildman–Crippen LogP) is 3.16. The average molecular weight is 491 g/mol. The fourth-order valence-electron chi connectivity index (χ4n) is 2.96. The number of carbonyl (C=O) groups excluding carboxylic acids is 3. The minimum Gasteiger partial charge on any atom is -0.497 e. The van der Waals surface area contributed by atoms with Crippen LogP contribution < -0.4 is 10.1 Å². The lowest BCUT2D eigenvalue weighted by Gasteiger charge is -2.07. The molecule has 0 unspecified atom stereocenters. The van der Waals surface area contributed by atoms with Crippen molar-refractivity contribution >= 4 is 45.9 Å². The van der Waals surface area contributed by atoms with Gasteiger partial charge in [0.25, 0.3) is 0 Å². The number of hydrogen-bond acceptors (Lipinski definition) is 10. The molecule has 33 heavy (non-hydrogen) atoms. The summed E-state index contributed by atoms with van der Waals surface area (Å²) < 4.78 is 16.5. The van der Waals surface area contributed by atoms with E-state index in [1.807, 2.05) is 24.3 Å². The van der Waals surface area contributed by atoms with Gasteiger partial charge in [-0.25, -0.2) is 9.59 Å². The van der Waals surface area contributed by atoms with Gasteiger partial charge in [-0.05, 0) is 36.8 Å². The van der Waals surface area contributed by atoms with E-state index in [0.29, 0.717) is 16.5 Å². The summed E-state index contributed by atoms with van der Waals surface area (Å²) in [6, 6.07) is 7.40. The van der Waals surface area contributed by atoms with Gasteiger partial charge < -0.3 is 24.1 Å². The fraction of sp³-hybridized carbons (Fsp3) is 0.286. The van der Waals surface area contributed by atoms with Crippen LogP contribution in [-0.2, 0) is 21.3 Å². The maximum Gasteiger partial charge on any atom is 0.348 e. The quantitative estimate of drug-likeness (QED) is 0.375. The molecule has 174 valence electrons. The van der Waals surface area contributed by atoms with Crippen molar-refractivity contribution in [3.8, 4) is 17.1 Å². The second-order valence-electron chi connectivity index (χ2n) is 6.67. The van der Waals surface area contributed by atoms with Crippen molar-refractivity contribution in [1.82, 2.24) is 14.8 Å². The Balaban J connectivity index is 1.73. The molecule has 2 aromatic heterocycles. The lowest BCUT2D eigenvalue weighted by atomic mass is 10.1. The molecule has 0 spiro atoms. The van der Waals surface area contributed by atoms with Gasteiger partial charge in [0.2, 0.25) is 5.91 Å². The summed E-state index contributed by atoms with van der Waals surface area (Å²) in [7, 11) is 5.88. The molecule has 0 radical (unpaired) electrons. The zero-order chi connectivity index (χ0) is 24.1. The third-order valence-corrected chi connectivity index (χ3v) is 6.88. The number of anilines is 1. The second kappa shape index (κ2) is 10.5. The molecule has 0 bridgehead atoms. The number of nitrogens with one attached hydrogen (secondary N) is 1. The summed E-state index contributed by atoms with van der Waals surface area (Å²) in [5.41, 5.74) is 1.37. The predicted molar refractivity (Wildman–Crippen MR) is 124 cm³/mol. The van der Waals surface area contributed by atoms with E-state index in [9.17, 15) is 14.4 Å². The Morgan fingerprint density at radius 3 is 2.33 bits per heavy atom. The van der Waals surface area contributed by atoms with Crippen molar-refractivity contribution in [3.63, 3.8) is 0 Å². The highest BCUT2D eigenvalue weighted by molar-refractivity contribution is 7.99. The van der Waals surface area contributed by atoms with E-state index in [1.165, 1.54) is 26.0 Å². The molecule has 1 aromatic carbocycles. The monoisotopic (exact) mass is 490 g/mol. The van der Waals surface area contributed by atoms with Crippen LogP contribution >= 0.6 is 23.1 Å². The molecule has 0 saturated heterocycles. The molecule has 0 aliphatic heterocycles. The Kier molecular flexibility index (Phi) is 7.71. The zero-order valence-corrected chi connectivity index (χ0v) is 20.3. The van der Waals surface area contributed by atoms with E-state index >= 15 is 0 Å². The highest BCUT2D eigenvalue weighted by atomic mass is 32.2. The summed E-state index contributed by atoms with van der Waals surface area (Å²) in [5, 5.41) is 11.8. The number of thiophene rings is 1. The summed E-state index contributed by atoms with van der Waals surface area (Å²) in [6.45, 7) is 1.60. The Morgan fingerprint density at radius 1 is 1.06 bits per heavy atom. The van der Waals surface area contributed by atoms with E-state index < -0.39 is 11.9 Å². The number of benzene rings is 1. The first kappa shape index (κ1) is 24.3. The first-order chi connectivity index (χ1) is 15.8. The second-order valence-corrected chi connectivity index (χ2v) is 8.64. The van der Waals surface area contributed by atoms with Gasteiger partial charge >= 0.3 is 11.9 Å². The van der Waals surface area contributed by atoms with Crippen LogP contribution in [-0.4, -0.2) is 59.7 Å². The van der Waals surface area contributed by atoms with Crippen molar-refractivity contribution in [2.75, 3.05) is 32.4 Å². The molecule has 1 N–H and O–H groups in total. The maximum atomic E-state index is 12.6. The number of amides is 1. The average Bonchev–Trinajstić information content (AvgIpc) is 3.35. The topological polar surface area (TPSA) is 122 Å². The van der Waals surface area contributed by atoms with Crippen LogP contribution in [0, 0.1) is 6.92 Å². The molecule has 10 nitrogen and oxygen atoms in total. The SMILES string of the molecule is COC(=O)c1sc(NC(=O)CSc2nnc(-c3ccc(OC)cc3)n2C)c(C(=O)OC)c1C. The van der Waals surface area contributed by atoms with Crippen molar-refractivity contribution in [3.05, 3.63) is 40.3 Å². The smallest absolute Gasteiger partial charge is 0.348 e. The van der Waals surface area contributed by atoms with Crippen LogP contribution in [0.2, 0.25) is 0 Å². The molecule has 0 atom stereocenters. The number of thioether (sulfide) groups is 1. The van der Waals surface area contributed by atoms with Crippen LogP contribution in [0.15, 0.2) is 29.4 Å². The van der Waals surface area contributed by atoms with Crippen molar-refractivity contribution < 1.29 is 28.6 Å². The molecule has 1 amide bonds. The van der Waals surface area contributed by atoms with Crippen molar-refractivity contribution in [2.45, 2.75) is 12.1 Å². The van der Waals surface area contributed by atoms with E-state index in [-0.39, 0.29) is 27.1 Å². The van der Waals surface area contributed by atoms with E-state index in [2.05, 4.69) is 15.5 Å². The van der Waals surface area contributed by atoms with Crippen molar-refractivity contribution in [1.29, 1.82) is 0 Å². The van der Waals surface area contributed by atoms with Gasteiger partial charge in [-0.1, -0.05) is 11.8 Å². The largest absolute Gasteiger partial charge is 0.497 e. The third kappa shape index (κ3) is 5.17. The zero-order valence-electron chi connectivity index (χ0n) is 18.6. The number of ether oxygens (including phenoxy) is 3. The van der Waals surface area contributed by atoms with Gasteiger partial charge in [0.05, 0.1) is 32.6 Å². The molecule has 0 aliphatic carbocycles. The van der Waals surface area contributed by atoms with Crippen LogP contribution in [0.4, 0.5) is 5.00 Å². The molecule has 0 saturated carbocycles. The number of aromatic nitrogens is 3. The van der Waals surface area contributed by atoms with Gasteiger partial charge in [-0.2, -0.15) is 0 Å². The summed E-state index contributed by atoms with van der Waals surface area (Å²) >= 11 is 2.15. The highest BCUT2D eigenvalue weighted by Crippen LogP contribution is 2.34. The van der Waals surface area contributed by atoms with E-state index in [1.54, 1.807) is 25.6 Å². The minimum atomic E-state index is -0.653. The minimum absolute atomic E-state index is 0.0136. The van der Waals surface area contributed by atoms with Crippen molar-refractivity contribution in [2.24, 2.45) is 7.05 Å². The number of carbonyl (C=O) groups is 3. The highest BCUT2D eigenvalue weighted by Gasteiger charge is 2.27. The van der Waals surface area contributed by atoms with Crippen LogP contribution in [0.3, 0.4) is 0 Å². The fourth-order valence-corrected chi connectivity index (χ4v) is 4.80. The molecule has 3 aromatic rings. The lowest BCUT2D eigenvalue weighted by molar-refractivity contribution is -0.113. The standard InChI is InChI=1S/C21H22N4O6S2/c1-11-15(19(27)30-4)18(33-16(11)20(28)31-5)22-14(26)10-32-21-24-23-17(25(21)2)12-6-8-13(29-3)9-7-12/h6-9H,10H2,1-5H3,(H,22,26). The number of rotatable bonds is 8. The first-order valence-corrected chi connectivity index (χ1v) is 11.4. The Labute approximate surface area is 198 Å². The van der Waals surface area contributed by atoms with Gasteiger partial charge in [0.15, 0.2) is 11.0 Å². The summed E-state index contributed by atoms with van der Waals surface area (Å²) in [5.74, 6) is -0.235. The number of methoxy groups -OCH3 is 3. The van der Waals surface area contributed by atoms with Crippen LogP contribution in [0.1, 0.15) is 25.6 Å². The molecular weight excluding hydrogens is 468 g/mol. The molecule has 0 aliphatic rings. The van der Waals surface area contributed by atoms with E-state index in [4.69, 9.17) is 14.2 Å². The van der Waals surface area contributed by atoms with Gasteiger partial charge in [0, 0.05) is 12.6 Å². The molecule has 2 heterocycles. The third-order valence-electron chi connectivity index (χ3n) is 4.68. The molecule has 0 fully saturated rings. The molecular formula is C21H22N4O6S2. The Hall–Kier alpha value is -3.38. The molecule has 12 heteroatoms. The van der Waals surface area contributed by atoms with E-state index in [0.717, 1.165) is 22.6 Å². The van der Waals surface area contributed by atoms with Gasteiger partial charge in [-0.3, -0.25) is 4.79 Å². The number of nitrogens with zero attached hydrogens (tertiary/aromatic N) is 3. The first-order valence-electron chi connectivity index (χ1n) is 9.57. The van der Waals surface area contributed by atoms with Crippen LogP contribution in [0.5, 0.6) is 5.75 Å². The maximum absolute atomic E-state index is 12.6.